The van der Waals surface area contributed by atoms with Gasteiger partial charge < -0.3 is 10.1 Å². The van der Waals surface area contributed by atoms with Crippen LogP contribution in [-0.4, -0.2) is 22.8 Å². The van der Waals surface area contributed by atoms with Crippen LogP contribution in [0.15, 0.2) is 48.5 Å². The predicted octanol–water partition coefficient (Wildman–Crippen LogP) is 5.02. The summed E-state index contributed by atoms with van der Waals surface area (Å²) in [6.07, 6.45) is 1.63. The molecule has 3 aromatic rings. The normalized spacial score (nSPS) is 10.4. The smallest absolute Gasteiger partial charge is 0.325 e. The number of halogens is 1. The van der Waals surface area contributed by atoms with Gasteiger partial charge in [-0.05, 0) is 48.4 Å². The molecule has 2 aromatic carbocycles. The molecule has 6 nitrogen and oxygen atoms in total. The van der Waals surface area contributed by atoms with E-state index in [-0.39, 0.29) is 6.03 Å². The number of rotatable bonds is 7. The summed E-state index contributed by atoms with van der Waals surface area (Å²) < 4.78 is 5.72. The van der Waals surface area contributed by atoms with Crippen molar-refractivity contribution in [3.05, 3.63) is 64.1 Å². The SMILES string of the molecule is CCc1ccc(OCCc2nnc(NC(=O)Nc3ccc(Cl)cc3)s2)cc1. The van der Waals surface area contributed by atoms with Crippen molar-refractivity contribution in [1.82, 2.24) is 10.2 Å². The van der Waals surface area contributed by atoms with Crippen molar-refractivity contribution in [3.8, 4) is 5.75 Å². The maximum Gasteiger partial charge on any atom is 0.325 e. The summed E-state index contributed by atoms with van der Waals surface area (Å²) in [7, 11) is 0. The molecule has 0 radical (unpaired) electrons. The van der Waals surface area contributed by atoms with Gasteiger partial charge in [0.15, 0.2) is 0 Å². The van der Waals surface area contributed by atoms with E-state index in [0.29, 0.717) is 28.9 Å². The van der Waals surface area contributed by atoms with Gasteiger partial charge in [-0.1, -0.05) is 42.0 Å². The van der Waals surface area contributed by atoms with Gasteiger partial charge in [0.25, 0.3) is 0 Å². The molecule has 8 heteroatoms. The fourth-order valence-corrected chi connectivity index (χ4v) is 3.12. The molecule has 0 unspecified atom stereocenters. The molecule has 0 spiro atoms. The Morgan fingerprint density at radius 2 is 1.81 bits per heavy atom. The Balaban J connectivity index is 1.44. The summed E-state index contributed by atoms with van der Waals surface area (Å²) >= 11 is 7.14. The zero-order chi connectivity index (χ0) is 19.1. The van der Waals surface area contributed by atoms with E-state index in [9.17, 15) is 4.79 Å². The zero-order valence-corrected chi connectivity index (χ0v) is 16.3. The van der Waals surface area contributed by atoms with Crippen molar-refractivity contribution in [3.63, 3.8) is 0 Å². The van der Waals surface area contributed by atoms with E-state index < -0.39 is 0 Å². The first-order valence-corrected chi connectivity index (χ1v) is 9.69. The van der Waals surface area contributed by atoms with Crippen LogP contribution in [0, 0.1) is 0 Å². The van der Waals surface area contributed by atoms with E-state index in [0.717, 1.165) is 17.2 Å². The molecule has 3 rings (SSSR count). The molecule has 0 aliphatic rings. The van der Waals surface area contributed by atoms with Crippen molar-refractivity contribution in [2.24, 2.45) is 0 Å². The molecule has 27 heavy (non-hydrogen) atoms. The first-order chi connectivity index (χ1) is 13.1. The van der Waals surface area contributed by atoms with Crippen LogP contribution >= 0.6 is 22.9 Å². The Kier molecular flexibility index (Phi) is 6.62. The van der Waals surface area contributed by atoms with Crippen molar-refractivity contribution >= 4 is 39.8 Å². The number of ether oxygens (including phenoxy) is 1. The van der Waals surface area contributed by atoms with Crippen LogP contribution in [0.4, 0.5) is 15.6 Å². The van der Waals surface area contributed by atoms with E-state index in [4.69, 9.17) is 16.3 Å². The average molecular weight is 403 g/mol. The lowest BCUT2D eigenvalue weighted by atomic mass is 10.2. The number of nitrogens with zero attached hydrogens (tertiary/aromatic N) is 2. The number of carbonyl (C=O) groups excluding carboxylic acids is 1. The number of anilines is 2. The van der Waals surface area contributed by atoms with Crippen LogP contribution in [0.2, 0.25) is 5.02 Å². The molecule has 0 bridgehead atoms. The lowest BCUT2D eigenvalue weighted by Crippen LogP contribution is -2.19. The molecule has 0 atom stereocenters. The van der Waals surface area contributed by atoms with E-state index in [2.05, 4.69) is 39.9 Å². The second-order valence-corrected chi connectivity index (χ2v) is 7.18. The molecule has 1 heterocycles. The first-order valence-electron chi connectivity index (χ1n) is 8.50. The average Bonchev–Trinajstić information content (AvgIpc) is 3.11. The standard InChI is InChI=1S/C19H19ClN4O2S/c1-2-13-3-9-16(10-4-13)26-12-11-17-23-24-19(27-17)22-18(25)21-15-7-5-14(20)6-8-15/h3-10H,2,11-12H2,1H3,(H2,21,22,24,25). The van der Waals surface area contributed by atoms with Gasteiger partial charge in [0.2, 0.25) is 5.13 Å². The third-order valence-corrected chi connectivity index (χ3v) is 4.86. The zero-order valence-electron chi connectivity index (χ0n) is 14.7. The van der Waals surface area contributed by atoms with E-state index in [1.807, 2.05) is 12.1 Å². The number of hydrogen-bond acceptors (Lipinski definition) is 5. The second kappa shape index (κ2) is 9.34. The van der Waals surface area contributed by atoms with Gasteiger partial charge in [-0.25, -0.2) is 4.79 Å². The van der Waals surface area contributed by atoms with Crippen molar-refractivity contribution in [2.75, 3.05) is 17.2 Å². The van der Waals surface area contributed by atoms with Gasteiger partial charge in [0.05, 0.1) is 6.61 Å². The fraction of sp³-hybridized carbons (Fsp3) is 0.211. The van der Waals surface area contributed by atoms with Crippen molar-refractivity contribution in [1.29, 1.82) is 0 Å². The van der Waals surface area contributed by atoms with Crippen molar-refractivity contribution < 1.29 is 9.53 Å². The highest BCUT2D eigenvalue weighted by Crippen LogP contribution is 2.18. The number of amides is 2. The topological polar surface area (TPSA) is 76.1 Å². The molecule has 2 N–H and O–H groups in total. The van der Waals surface area contributed by atoms with E-state index >= 15 is 0 Å². The molecule has 0 fully saturated rings. The predicted molar refractivity (Wildman–Crippen MR) is 109 cm³/mol. The van der Waals surface area contributed by atoms with E-state index in [1.165, 1.54) is 16.9 Å². The van der Waals surface area contributed by atoms with Crippen LogP contribution in [0.25, 0.3) is 0 Å². The van der Waals surface area contributed by atoms with Crippen LogP contribution in [0.5, 0.6) is 5.75 Å². The maximum absolute atomic E-state index is 12.0. The highest BCUT2D eigenvalue weighted by molar-refractivity contribution is 7.15. The summed E-state index contributed by atoms with van der Waals surface area (Å²) in [5.41, 5.74) is 1.92. The Labute approximate surface area is 166 Å². The Morgan fingerprint density at radius 3 is 2.52 bits per heavy atom. The van der Waals surface area contributed by atoms with Crippen LogP contribution < -0.4 is 15.4 Å². The Hall–Kier alpha value is -2.64. The van der Waals surface area contributed by atoms with Crippen molar-refractivity contribution in [2.45, 2.75) is 19.8 Å². The molecular formula is C19H19ClN4O2S. The maximum atomic E-state index is 12.0. The first kappa shape index (κ1) is 19.1. The summed E-state index contributed by atoms with van der Waals surface area (Å²) in [5, 5.41) is 15.3. The summed E-state index contributed by atoms with van der Waals surface area (Å²) in [4.78, 5) is 12.0. The van der Waals surface area contributed by atoms with Crippen LogP contribution in [-0.2, 0) is 12.8 Å². The van der Waals surface area contributed by atoms with Gasteiger partial charge in [-0.3, -0.25) is 5.32 Å². The Morgan fingerprint density at radius 1 is 1.07 bits per heavy atom. The highest BCUT2D eigenvalue weighted by Gasteiger charge is 2.09. The molecule has 0 aliphatic heterocycles. The molecule has 2 amide bonds. The largest absolute Gasteiger partial charge is 0.493 e. The number of nitrogens with one attached hydrogen (secondary N) is 2. The van der Waals surface area contributed by atoms with E-state index in [1.54, 1.807) is 24.3 Å². The summed E-state index contributed by atoms with van der Waals surface area (Å²) in [6.45, 7) is 2.61. The summed E-state index contributed by atoms with van der Waals surface area (Å²) in [6, 6.07) is 14.5. The minimum atomic E-state index is -0.382. The number of urea groups is 1. The monoisotopic (exact) mass is 402 g/mol. The fourth-order valence-electron chi connectivity index (χ4n) is 2.28. The molecule has 1 aromatic heterocycles. The molecule has 0 aliphatic carbocycles. The number of benzene rings is 2. The second-order valence-electron chi connectivity index (χ2n) is 5.68. The third-order valence-electron chi connectivity index (χ3n) is 3.71. The minimum Gasteiger partial charge on any atom is -0.493 e. The highest BCUT2D eigenvalue weighted by atomic mass is 35.5. The van der Waals surface area contributed by atoms with Gasteiger partial charge >= 0.3 is 6.03 Å². The van der Waals surface area contributed by atoms with Gasteiger partial charge in [-0.2, -0.15) is 0 Å². The molecule has 0 saturated carbocycles. The number of carbonyl (C=O) groups is 1. The summed E-state index contributed by atoms with van der Waals surface area (Å²) in [5.74, 6) is 0.831. The van der Waals surface area contributed by atoms with Crippen LogP contribution in [0.1, 0.15) is 17.5 Å². The lowest BCUT2D eigenvalue weighted by Gasteiger charge is -2.05. The molecule has 0 saturated heterocycles. The molecular weight excluding hydrogens is 384 g/mol. The number of hydrogen-bond donors (Lipinski definition) is 2. The number of aryl methyl sites for hydroxylation is 1. The van der Waals surface area contributed by atoms with Gasteiger partial charge in [-0.15, -0.1) is 10.2 Å². The third kappa shape index (κ3) is 5.94. The minimum absolute atomic E-state index is 0.382. The Bertz CT molecular complexity index is 881. The number of aromatic nitrogens is 2. The quantitative estimate of drug-likeness (QED) is 0.581. The van der Waals surface area contributed by atoms with Gasteiger partial charge in [0, 0.05) is 17.1 Å². The lowest BCUT2D eigenvalue weighted by molar-refractivity contribution is 0.262. The van der Waals surface area contributed by atoms with Crippen LogP contribution in [0.3, 0.4) is 0 Å². The molecule has 140 valence electrons. The van der Waals surface area contributed by atoms with Gasteiger partial charge in [0.1, 0.15) is 10.8 Å².